The highest BCUT2D eigenvalue weighted by Gasteiger charge is 2.32. The second-order valence-corrected chi connectivity index (χ2v) is 3.44. The van der Waals surface area contributed by atoms with Gasteiger partial charge in [-0.05, 0) is 13.8 Å². The molecular weight excluding hydrogens is 211 g/mol. The average Bonchev–Trinajstić information content (AvgIpc) is 2.39. The second kappa shape index (κ2) is 3.74. The molecule has 1 aromatic rings. The van der Waals surface area contributed by atoms with Gasteiger partial charge in [-0.2, -0.15) is 5.10 Å². The Bertz CT molecular complexity index is 295. The van der Waals surface area contributed by atoms with Crippen molar-refractivity contribution < 1.29 is 0 Å². The molecule has 6 heteroatoms. The molecule has 0 aliphatic carbocycles. The molecule has 0 saturated heterocycles. The molecule has 4 N–H and O–H groups in total. The maximum absolute atomic E-state index is 5.63. The van der Waals surface area contributed by atoms with Crippen LogP contribution in [0.2, 0.25) is 0 Å². The first-order valence-corrected chi connectivity index (χ1v) is 3.69. The number of nitrogens with two attached hydrogens (primary N) is 1. The van der Waals surface area contributed by atoms with Gasteiger partial charge >= 0.3 is 0 Å². The number of aromatic amines is 1. The summed E-state index contributed by atoms with van der Waals surface area (Å²) < 4.78 is 0. The Labute approximate surface area is 89.5 Å². The number of hydrogen-bond donors (Lipinski definition) is 3. The van der Waals surface area contributed by atoms with Crippen LogP contribution in [0.1, 0.15) is 25.1 Å². The van der Waals surface area contributed by atoms with Gasteiger partial charge < -0.3 is 11.1 Å². The van der Waals surface area contributed by atoms with Crippen LogP contribution in [-0.2, 0) is 12.1 Å². The summed E-state index contributed by atoms with van der Waals surface area (Å²) >= 11 is 0. The number of fused-ring (bicyclic) bond motifs is 1. The lowest BCUT2D eigenvalue weighted by Crippen LogP contribution is -2.29. The summed E-state index contributed by atoms with van der Waals surface area (Å²) in [6, 6.07) is 0. The SMILES string of the molecule is CC1(C)NCc2c(N)n[nH]c21.Cl.Cl. The molecule has 2 rings (SSSR count). The van der Waals surface area contributed by atoms with Crippen LogP contribution in [-0.4, -0.2) is 10.2 Å². The van der Waals surface area contributed by atoms with E-state index in [-0.39, 0.29) is 30.4 Å². The Hall–Kier alpha value is -0.450. The highest BCUT2D eigenvalue weighted by Crippen LogP contribution is 2.30. The molecule has 4 nitrogen and oxygen atoms in total. The minimum absolute atomic E-state index is 0. The summed E-state index contributed by atoms with van der Waals surface area (Å²) in [4.78, 5) is 0. The van der Waals surface area contributed by atoms with Gasteiger partial charge in [0.15, 0.2) is 0 Å². The first-order valence-electron chi connectivity index (χ1n) is 3.69. The van der Waals surface area contributed by atoms with E-state index in [0.717, 1.165) is 17.8 Å². The number of anilines is 1. The third-order valence-corrected chi connectivity index (χ3v) is 2.23. The number of aromatic nitrogens is 2. The molecule has 0 atom stereocenters. The third-order valence-electron chi connectivity index (χ3n) is 2.23. The molecule has 0 radical (unpaired) electrons. The fourth-order valence-corrected chi connectivity index (χ4v) is 1.47. The molecule has 1 aliphatic rings. The normalized spacial score (nSPS) is 17.1. The van der Waals surface area contributed by atoms with Crippen LogP contribution in [0.5, 0.6) is 0 Å². The van der Waals surface area contributed by atoms with Gasteiger partial charge in [-0.3, -0.25) is 5.10 Å². The van der Waals surface area contributed by atoms with Crippen molar-refractivity contribution in [1.82, 2.24) is 15.5 Å². The van der Waals surface area contributed by atoms with Crippen molar-refractivity contribution in [2.75, 3.05) is 5.73 Å². The molecule has 0 unspecified atom stereocenters. The van der Waals surface area contributed by atoms with Gasteiger partial charge in [0, 0.05) is 12.1 Å². The van der Waals surface area contributed by atoms with E-state index in [1.165, 1.54) is 0 Å². The van der Waals surface area contributed by atoms with Crippen molar-refractivity contribution in [3.8, 4) is 0 Å². The Morgan fingerprint density at radius 1 is 1.38 bits per heavy atom. The van der Waals surface area contributed by atoms with Crippen molar-refractivity contribution in [2.24, 2.45) is 0 Å². The van der Waals surface area contributed by atoms with Gasteiger partial charge in [0.1, 0.15) is 5.82 Å². The zero-order chi connectivity index (χ0) is 8.06. The van der Waals surface area contributed by atoms with Gasteiger partial charge in [0.05, 0.1) is 11.2 Å². The van der Waals surface area contributed by atoms with Gasteiger partial charge in [0.25, 0.3) is 0 Å². The van der Waals surface area contributed by atoms with E-state index in [4.69, 9.17) is 5.73 Å². The Morgan fingerprint density at radius 2 is 2.00 bits per heavy atom. The fraction of sp³-hybridized carbons (Fsp3) is 0.571. The lowest BCUT2D eigenvalue weighted by Gasteiger charge is -2.16. The molecule has 1 aliphatic heterocycles. The second-order valence-electron chi connectivity index (χ2n) is 3.44. The number of H-pyrrole nitrogens is 1. The number of hydrogen-bond acceptors (Lipinski definition) is 3. The quantitative estimate of drug-likeness (QED) is 0.621. The predicted molar refractivity (Wildman–Crippen MR) is 57.4 cm³/mol. The van der Waals surface area contributed by atoms with Crippen LogP contribution in [0.15, 0.2) is 0 Å². The minimum atomic E-state index is -0.0000463. The van der Waals surface area contributed by atoms with Crippen molar-refractivity contribution >= 4 is 30.6 Å². The minimum Gasteiger partial charge on any atom is -0.382 e. The van der Waals surface area contributed by atoms with Crippen LogP contribution in [0, 0.1) is 0 Å². The highest BCUT2D eigenvalue weighted by atomic mass is 35.5. The van der Waals surface area contributed by atoms with Crippen molar-refractivity contribution in [3.63, 3.8) is 0 Å². The first kappa shape index (κ1) is 12.6. The fourth-order valence-electron chi connectivity index (χ4n) is 1.47. The summed E-state index contributed by atoms with van der Waals surface area (Å²) in [6.07, 6.45) is 0. The molecule has 0 spiro atoms. The Kier molecular flexibility index (Phi) is 3.61. The predicted octanol–water partition coefficient (Wildman–Crippen LogP) is 1.17. The molecule has 0 bridgehead atoms. The van der Waals surface area contributed by atoms with E-state index in [1.54, 1.807) is 0 Å². The van der Waals surface area contributed by atoms with Gasteiger partial charge in [-0.25, -0.2) is 0 Å². The molecule has 0 fully saturated rings. The number of nitrogens with one attached hydrogen (secondary N) is 2. The lowest BCUT2D eigenvalue weighted by atomic mass is 10.0. The van der Waals surface area contributed by atoms with Crippen LogP contribution >= 0.6 is 24.8 Å². The van der Waals surface area contributed by atoms with Crippen molar-refractivity contribution in [3.05, 3.63) is 11.3 Å². The average molecular weight is 225 g/mol. The van der Waals surface area contributed by atoms with Crippen LogP contribution in [0.25, 0.3) is 0 Å². The summed E-state index contributed by atoms with van der Waals surface area (Å²) in [6.45, 7) is 5.04. The van der Waals surface area contributed by atoms with E-state index < -0.39 is 0 Å². The molecule has 0 aromatic carbocycles. The van der Waals surface area contributed by atoms with E-state index in [1.807, 2.05) is 0 Å². The monoisotopic (exact) mass is 224 g/mol. The van der Waals surface area contributed by atoms with E-state index in [9.17, 15) is 0 Å². The Morgan fingerprint density at radius 3 is 2.54 bits per heavy atom. The molecule has 0 amide bonds. The molecule has 76 valence electrons. The van der Waals surface area contributed by atoms with E-state index >= 15 is 0 Å². The molecule has 2 heterocycles. The standard InChI is InChI=1S/C7H12N4.2ClH/c1-7(2)5-4(3-9-7)6(8)11-10-5;;/h9H,3H2,1-2H3,(H3,8,10,11);2*1H. The highest BCUT2D eigenvalue weighted by molar-refractivity contribution is 5.85. The molecule has 1 aromatic heterocycles. The maximum atomic E-state index is 5.63. The van der Waals surface area contributed by atoms with Crippen molar-refractivity contribution in [1.29, 1.82) is 0 Å². The first-order chi connectivity index (χ1) is 5.11. The van der Waals surface area contributed by atoms with E-state index in [2.05, 4.69) is 29.4 Å². The van der Waals surface area contributed by atoms with Gasteiger partial charge in [0.2, 0.25) is 0 Å². The summed E-state index contributed by atoms with van der Waals surface area (Å²) in [7, 11) is 0. The number of nitrogen functional groups attached to an aromatic ring is 1. The zero-order valence-corrected chi connectivity index (χ0v) is 9.18. The largest absolute Gasteiger partial charge is 0.382 e. The number of halogens is 2. The smallest absolute Gasteiger partial charge is 0.150 e. The van der Waals surface area contributed by atoms with Gasteiger partial charge in [-0.1, -0.05) is 0 Å². The molecular formula is C7H14Cl2N4. The third kappa shape index (κ3) is 1.75. The Balaban J connectivity index is 0.000000720. The number of rotatable bonds is 0. The zero-order valence-electron chi connectivity index (χ0n) is 7.55. The number of nitrogens with zero attached hydrogens (tertiary/aromatic N) is 1. The molecule has 0 saturated carbocycles. The maximum Gasteiger partial charge on any atom is 0.150 e. The lowest BCUT2D eigenvalue weighted by molar-refractivity contribution is 0.429. The topological polar surface area (TPSA) is 66.7 Å². The summed E-state index contributed by atoms with van der Waals surface area (Å²) in [5, 5.41) is 10.2. The van der Waals surface area contributed by atoms with Crippen molar-refractivity contribution in [2.45, 2.75) is 25.9 Å². The van der Waals surface area contributed by atoms with Crippen LogP contribution in [0.4, 0.5) is 5.82 Å². The van der Waals surface area contributed by atoms with Crippen LogP contribution < -0.4 is 11.1 Å². The van der Waals surface area contributed by atoms with Crippen LogP contribution in [0.3, 0.4) is 0 Å². The summed E-state index contributed by atoms with van der Waals surface area (Å²) in [5.74, 6) is 0.623. The summed E-state index contributed by atoms with van der Waals surface area (Å²) in [5.41, 5.74) is 7.87. The van der Waals surface area contributed by atoms with E-state index in [0.29, 0.717) is 5.82 Å². The molecule has 13 heavy (non-hydrogen) atoms. The van der Waals surface area contributed by atoms with Gasteiger partial charge in [-0.15, -0.1) is 24.8 Å².